The Hall–Kier alpha value is -0.670. The van der Waals surface area contributed by atoms with E-state index in [2.05, 4.69) is 21.8 Å². The van der Waals surface area contributed by atoms with Crippen molar-refractivity contribution in [2.45, 2.75) is 13.3 Å². The highest BCUT2D eigenvalue weighted by Gasteiger charge is 2.08. The van der Waals surface area contributed by atoms with Crippen molar-refractivity contribution in [2.24, 2.45) is 0 Å². The molecule has 0 saturated carbocycles. The number of thiazole rings is 1. The van der Waals surface area contributed by atoms with Crippen LogP contribution in [0, 0.1) is 6.92 Å². The minimum atomic E-state index is 0.994. The molecule has 3 heteroatoms. The summed E-state index contributed by atoms with van der Waals surface area (Å²) in [6.07, 6.45) is 3.36. The predicted molar refractivity (Wildman–Crippen MR) is 52.3 cm³/mol. The Balaban J connectivity index is 2.23. The highest BCUT2D eigenvalue weighted by Crippen LogP contribution is 2.22. The minimum absolute atomic E-state index is 0.994. The second-order valence-electron chi connectivity index (χ2n) is 2.98. The Morgan fingerprint density at radius 3 is 3.08 bits per heavy atom. The van der Waals surface area contributed by atoms with Crippen molar-refractivity contribution in [3.8, 4) is 0 Å². The smallest absolute Gasteiger partial charge is 0.119 e. The highest BCUT2D eigenvalue weighted by molar-refractivity contribution is 7.10. The third-order valence-corrected chi connectivity index (χ3v) is 2.99. The van der Waals surface area contributed by atoms with Gasteiger partial charge < -0.3 is 5.32 Å². The third-order valence-electron chi connectivity index (χ3n) is 1.96. The summed E-state index contributed by atoms with van der Waals surface area (Å²) in [5.74, 6) is 0. The Morgan fingerprint density at radius 1 is 1.58 bits per heavy atom. The van der Waals surface area contributed by atoms with Crippen molar-refractivity contribution in [2.75, 3.05) is 13.1 Å². The van der Waals surface area contributed by atoms with Crippen LogP contribution in [0.15, 0.2) is 11.5 Å². The molecule has 1 aliphatic heterocycles. The van der Waals surface area contributed by atoms with Crippen LogP contribution in [0.4, 0.5) is 0 Å². The van der Waals surface area contributed by atoms with Crippen molar-refractivity contribution in [3.05, 3.63) is 22.2 Å². The van der Waals surface area contributed by atoms with Crippen LogP contribution in [0.2, 0.25) is 0 Å². The van der Waals surface area contributed by atoms with E-state index in [1.54, 1.807) is 11.3 Å². The van der Waals surface area contributed by atoms with E-state index in [0.29, 0.717) is 0 Å². The highest BCUT2D eigenvalue weighted by atomic mass is 32.1. The largest absolute Gasteiger partial charge is 0.313 e. The molecule has 12 heavy (non-hydrogen) atoms. The first-order chi connectivity index (χ1) is 5.86. The standard InChI is InChI=1S/C9H12N2S/c1-7-6-12-9(11-7)8-2-4-10-5-3-8/h2,6,10H,3-5H2,1H3. The van der Waals surface area contributed by atoms with Gasteiger partial charge in [0.05, 0.1) is 0 Å². The molecule has 1 aromatic rings. The Kier molecular flexibility index (Phi) is 2.23. The molecule has 0 bridgehead atoms. The van der Waals surface area contributed by atoms with Crippen molar-refractivity contribution < 1.29 is 0 Å². The van der Waals surface area contributed by atoms with Crippen molar-refractivity contribution in [1.82, 2.24) is 10.3 Å². The summed E-state index contributed by atoms with van der Waals surface area (Å²) in [6.45, 7) is 4.13. The van der Waals surface area contributed by atoms with Gasteiger partial charge in [0.1, 0.15) is 5.01 Å². The maximum atomic E-state index is 4.46. The second-order valence-corrected chi connectivity index (χ2v) is 3.84. The van der Waals surface area contributed by atoms with Gasteiger partial charge >= 0.3 is 0 Å². The topological polar surface area (TPSA) is 24.9 Å². The molecule has 0 saturated heterocycles. The molecule has 0 atom stereocenters. The zero-order chi connectivity index (χ0) is 8.39. The molecule has 2 rings (SSSR count). The fourth-order valence-electron chi connectivity index (χ4n) is 1.32. The van der Waals surface area contributed by atoms with Crippen LogP contribution in [0.1, 0.15) is 17.1 Å². The maximum Gasteiger partial charge on any atom is 0.119 e. The Labute approximate surface area is 76.3 Å². The molecule has 0 aromatic carbocycles. The van der Waals surface area contributed by atoms with Crippen LogP contribution in [-0.2, 0) is 0 Å². The first-order valence-corrected chi connectivity index (χ1v) is 5.06. The zero-order valence-corrected chi connectivity index (χ0v) is 7.95. The van der Waals surface area contributed by atoms with Crippen LogP contribution < -0.4 is 5.32 Å². The van der Waals surface area contributed by atoms with Crippen LogP contribution in [0.25, 0.3) is 5.57 Å². The number of nitrogens with zero attached hydrogens (tertiary/aromatic N) is 1. The van der Waals surface area contributed by atoms with Gasteiger partial charge in [0.25, 0.3) is 0 Å². The quantitative estimate of drug-likeness (QED) is 0.713. The van der Waals surface area contributed by atoms with Gasteiger partial charge in [-0.3, -0.25) is 0 Å². The number of hydrogen-bond donors (Lipinski definition) is 1. The van der Waals surface area contributed by atoms with Crippen LogP contribution in [-0.4, -0.2) is 18.1 Å². The number of rotatable bonds is 1. The Morgan fingerprint density at radius 2 is 2.50 bits per heavy atom. The number of aryl methyl sites for hydroxylation is 1. The maximum absolute atomic E-state index is 4.46. The molecular weight excluding hydrogens is 168 g/mol. The first kappa shape index (κ1) is 7.95. The van der Waals surface area contributed by atoms with Gasteiger partial charge in [0.15, 0.2) is 0 Å². The van der Waals surface area contributed by atoms with E-state index in [1.165, 1.54) is 10.6 Å². The van der Waals surface area contributed by atoms with Gasteiger partial charge in [0, 0.05) is 17.6 Å². The lowest BCUT2D eigenvalue weighted by atomic mass is 10.1. The van der Waals surface area contributed by atoms with E-state index in [9.17, 15) is 0 Å². The SMILES string of the molecule is Cc1csc(C2=CCNCC2)n1. The number of aromatic nitrogens is 1. The fourth-order valence-corrected chi connectivity index (χ4v) is 2.19. The normalized spacial score (nSPS) is 17.6. The molecule has 1 aliphatic rings. The number of hydrogen-bond acceptors (Lipinski definition) is 3. The van der Waals surface area contributed by atoms with E-state index in [0.717, 1.165) is 25.2 Å². The summed E-state index contributed by atoms with van der Waals surface area (Å²) in [5.41, 5.74) is 2.54. The summed E-state index contributed by atoms with van der Waals surface area (Å²) in [7, 11) is 0. The monoisotopic (exact) mass is 180 g/mol. The van der Waals surface area contributed by atoms with E-state index < -0.39 is 0 Å². The molecule has 2 nitrogen and oxygen atoms in total. The number of nitrogens with one attached hydrogen (secondary N) is 1. The van der Waals surface area contributed by atoms with E-state index in [-0.39, 0.29) is 0 Å². The predicted octanol–water partition coefficient (Wildman–Crippen LogP) is 1.83. The lowest BCUT2D eigenvalue weighted by molar-refractivity contribution is 0.738. The van der Waals surface area contributed by atoms with Gasteiger partial charge in [-0.05, 0) is 25.5 Å². The molecule has 0 spiro atoms. The van der Waals surface area contributed by atoms with Gasteiger partial charge in [-0.1, -0.05) is 6.08 Å². The molecule has 64 valence electrons. The summed E-state index contributed by atoms with van der Waals surface area (Å²) in [6, 6.07) is 0. The Bertz CT molecular complexity index is 301. The molecule has 0 aliphatic carbocycles. The molecule has 1 aromatic heterocycles. The van der Waals surface area contributed by atoms with Gasteiger partial charge in [0.2, 0.25) is 0 Å². The molecule has 0 fully saturated rings. The molecule has 0 radical (unpaired) electrons. The summed E-state index contributed by atoms with van der Waals surface area (Å²) < 4.78 is 0. The molecule has 2 heterocycles. The fraction of sp³-hybridized carbons (Fsp3) is 0.444. The third kappa shape index (κ3) is 1.57. The van der Waals surface area contributed by atoms with E-state index >= 15 is 0 Å². The molecular formula is C9H12N2S. The van der Waals surface area contributed by atoms with Crippen molar-refractivity contribution in [3.63, 3.8) is 0 Å². The lowest BCUT2D eigenvalue weighted by Gasteiger charge is -2.10. The summed E-state index contributed by atoms with van der Waals surface area (Å²) >= 11 is 1.75. The van der Waals surface area contributed by atoms with Crippen LogP contribution in [0.3, 0.4) is 0 Å². The second kappa shape index (κ2) is 3.37. The van der Waals surface area contributed by atoms with E-state index in [4.69, 9.17) is 0 Å². The lowest BCUT2D eigenvalue weighted by Crippen LogP contribution is -2.19. The average molecular weight is 180 g/mol. The van der Waals surface area contributed by atoms with E-state index in [1.807, 2.05) is 6.92 Å². The minimum Gasteiger partial charge on any atom is -0.313 e. The van der Waals surface area contributed by atoms with Gasteiger partial charge in [-0.25, -0.2) is 4.98 Å². The average Bonchev–Trinajstić information content (AvgIpc) is 2.54. The van der Waals surface area contributed by atoms with Crippen LogP contribution >= 0.6 is 11.3 Å². The van der Waals surface area contributed by atoms with Crippen LogP contribution in [0.5, 0.6) is 0 Å². The van der Waals surface area contributed by atoms with Gasteiger partial charge in [-0.2, -0.15) is 0 Å². The zero-order valence-electron chi connectivity index (χ0n) is 7.13. The summed E-state index contributed by atoms with van der Waals surface area (Å²) in [5, 5.41) is 6.60. The van der Waals surface area contributed by atoms with Crippen molar-refractivity contribution in [1.29, 1.82) is 0 Å². The summed E-state index contributed by atoms with van der Waals surface area (Å²) in [4.78, 5) is 4.46. The molecule has 1 N–H and O–H groups in total. The van der Waals surface area contributed by atoms with Crippen molar-refractivity contribution >= 4 is 16.9 Å². The first-order valence-electron chi connectivity index (χ1n) is 4.18. The molecule has 0 amide bonds. The molecule has 0 unspecified atom stereocenters. The van der Waals surface area contributed by atoms with Gasteiger partial charge in [-0.15, -0.1) is 11.3 Å².